The number of methoxy groups -OCH3 is 2. The molecule has 0 saturated carbocycles. The smallest absolute Gasteiger partial charge is 0.262 e. The fraction of sp³-hybridized carbons (Fsp3) is 0.154. The zero-order chi connectivity index (χ0) is 25.4. The van der Waals surface area contributed by atoms with Gasteiger partial charge in [0.2, 0.25) is 0 Å². The molecule has 1 amide bonds. The Bertz CT molecular complexity index is 1280. The van der Waals surface area contributed by atoms with Crippen LogP contribution >= 0.6 is 34.8 Å². The van der Waals surface area contributed by atoms with Crippen LogP contribution < -0.4 is 19.5 Å². The summed E-state index contributed by atoms with van der Waals surface area (Å²) >= 11 is 18.9. The maximum Gasteiger partial charge on any atom is 0.262 e. The minimum Gasteiger partial charge on any atom is -0.497 e. The van der Waals surface area contributed by atoms with Crippen LogP contribution in [0.2, 0.25) is 15.1 Å². The van der Waals surface area contributed by atoms with Crippen molar-refractivity contribution in [3.05, 3.63) is 91.9 Å². The summed E-state index contributed by atoms with van der Waals surface area (Å²) in [6.07, 6.45) is 1.40. The monoisotopic (exact) mass is 530 g/mol. The maximum absolute atomic E-state index is 12.6. The minimum atomic E-state index is -0.559. The Morgan fingerprint density at radius 3 is 2.31 bits per heavy atom. The van der Waals surface area contributed by atoms with Gasteiger partial charge >= 0.3 is 0 Å². The second-order valence-electron chi connectivity index (χ2n) is 7.22. The first-order valence-electron chi connectivity index (χ1n) is 10.3. The SMILES string of the molecule is COc1ccc(CNC(=O)/C(C#N)=C/c2cc(Cl)c(OCc3ccccc3Cl)c(Cl)c2)c(OC)c1. The standard InChI is InChI=1S/C26H21Cl3N2O4/c1-33-20-8-7-17(24(12-20)34-2)14-31-26(32)19(13-30)9-16-10-22(28)25(23(29)11-16)35-15-18-5-3-4-6-21(18)27/h3-12H,14-15H2,1-2H3,(H,31,32)/b19-9+. The number of rotatable bonds is 9. The van der Waals surface area contributed by atoms with Gasteiger partial charge in [-0.15, -0.1) is 0 Å². The van der Waals surface area contributed by atoms with Gasteiger partial charge < -0.3 is 19.5 Å². The molecule has 0 spiro atoms. The van der Waals surface area contributed by atoms with Gasteiger partial charge in [0.1, 0.15) is 29.7 Å². The fourth-order valence-electron chi connectivity index (χ4n) is 3.15. The third-order valence-corrected chi connectivity index (χ3v) is 5.89. The number of halogens is 3. The predicted molar refractivity (Wildman–Crippen MR) is 137 cm³/mol. The second-order valence-corrected chi connectivity index (χ2v) is 8.45. The Kier molecular flexibility index (Phi) is 9.27. The summed E-state index contributed by atoms with van der Waals surface area (Å²) in [5.74, 6) is 0.900. The zero-order valence-corrected chi connectivity index (χ0v) is 21.2. The molecular weight excluding hydrogens is 511 g/mol. The van der Waals surface area contributed by atoms with Crippen molar-refractivity contribution in [1.82, 2.24) is 5.32 Å². The molecule has 0 heterocycles. The van der Waals surface area contributed by atoms with Gasteiger partial charge in [0, 0.05) is 28.8 Å². The lowest BCUT2D eigenvalue weighted by Crippen LogP contribution is -2.24. The molecule has 3 rings (SSSR count). The Labute approximate surface area is 218 Å². The fourth-order valence-corrected chi connectivity index (χ4v) is 3.95. The summed E-state index contributed by atoms with van der Waals surface area (Å²) in [6.45, 7) is 0.330. The lowest BCUT2D eigenvalue weighted by molar-refractivity contribution is -0.117. The summed E-state index contributed by atoms with van der Waals surface area (Å²) in [5.41, 5.74) is 1.86. The van der Waals surface area contributed by atoms with E-state index in [4.69, 9.17) is 49.0 Å². The van der Waals surface area contributed by atoms with Crippen molar-refractivity contribution < 1.29 is 19.0 Å². The number of benzene rings is 3. The zero-order valence-electron chi connectivity index (χ0n) is 18.9. The van der Waals surface area contributed by atoms with E-state index in [2.05, 4.69) is 5.32 Å². The predicted octanol–water partition coefficient (Wildman–Crippen LogP) is 6.47. The number of nitriles is 1. The van der Waals surface area contributed by atoms with Crippen molar-refractivity contribution in [3.63, 3.8) is 0 Å². The molecule has 0 atom stereocenters. The average molecular weight is 532 g/mol. The van der Waals surface area contributed by atoms with Crippen LogP contribution in [-0.4, -0.2) is 20.1 Å². The van der Waals surface area contributed by atoms with Gasteiger partial charge in [0.05, 0.1) is 24.3 Å². The lowest BCUT2D eigenvalue weighted by atomic mass is 10.1. The summed E-state index contributed by atoms with van der Waals surface area (Å²) in [5, 5.41) is 13.3. The molecule has 0 fully saturated rings. The van der Waals surface area contributed by atoms with E-state index in [1.807, 2.05) is 24.3 Å². The quantitative estimate of drug-likeness (QED) is 0.253. The minimum absolute atomic E-state index is 0.116. The van der Waals surface area contributed by atoms with Crippen molar-refractivity contribution in [3.8, 4) is 23.3 Å². The summed E-state index contributed by atoms with van der Waals surface area (Å²) < 4.78 is 16.3. The Morgan fingerprint density at radius 1 is 0.971 bits per heavy atom. The molecule has 35 heavy (non-hydrogen) atoms. The van der Waals surface area contributed by atoms with Crippen LogP contribution in [0.1, 0.15) is 16.7 Å². The van der Waals surface area contributed by atoms with Crippen LogP contribution in [0.25, 0.3) is 6.08 Å². The van der Waals surface area contributed by atoms with Crippen molar-refractivity contribution in [2.24, 2.45) is 0 Å². The molecule has 0 saturated heterocycles. The van der Waals surface area contributed by atoms with Gasteiger partial charge in [0.25, 0.3) is 5.91 Å². The molecule has 0 bridgehead atoms. The molecule has 0 aromatic heterocycles. The van der Waals surface area contributed by atoms with E-state index in [1.54, 1.807) is 43.5 Å². The summed E-state index contributed by atoms with van der Waals surface area (Å²) in [7, 11) is 3.08. The molecule has 3 aromatic carbocycles. The van der Waals surface area contributed by atoms with Gasteiger partial charge in [-0.3, -0.25) is 4.79 Å². The highest BCUT2D eigenvalue weighted by atomic mass is 35.5. The van der Waals surface area contributed by atoms with Gasteiger partial charge in [-0.1, -0.05) is 53.0 Å². The molecule has 1 N–H and O–H groups in total. The van der Waals surface area contributed by atoms with Crippen LogP contribution in [0.15, 0.2) is 60.2 Å². The molecule has 6 nitrogen and oxygen atoms in total. The highest BCUT2D eigenvalue weighted by molar-refractivity contribution is 6.37. The molecule has 0 radical (unpaired) electrons. The molecule has 0 aliphatic carbocycles. The maximum atomic E-state index is 12.6. The largest absolute Gasteiger partial charge is 0.497 e. The van der Waals surface area contributed by atoms with Crippen molar-refractivity contribution in [2.45, 2.75) is 13.2 Å². The lowest BCUT2D eigenvalue weighted by Gasteiger charge is -2.12. The van der Waals surface area contributed by atoms with Gasteiger partial charge in [-0.2, -0.15) is 5.26 Å². The Morgan fingerprint density at radius 2 is 1.69 bits per heavy atom. The number of nitrogens with one attached hydrogen (secondary N) is 1. The number of ether oxygens (including phenoxy) is 3. The van der Waals surface area contributed by atoms with Crippen molar-refractivity contribution in [1.29, 1.82) is 5.26 Å². The van der Waals surface area contributed by atoms with E-state index in [0.717, 1.165) is 11.1 Å². The van der Waals surface area contributed by atoms with E-state index in [0.29, 0.717) is 22.1 Å². The third kappa shape index (κ3) is 6.83. The number of nitrogens with zero attached hydrogens (tertiary/aromatic N) is 1. The molecule has 0 aliphatic rings. The van der Waals surface area contributed by atoms with E-state index < -0.39 is 5.91 Å². The van der Waals surface area contributed by atoms with Gasteiger partial charge in [0.15, 0.2) is 5.75 Å². The summed E-state index contributed by atoms with van der Waals surface area (Å²) in [6, 6.07) is 17.5. The molecule has 0 unspecified atom stereocenters. The highest BCUT2D eigenvalue weighted by Gasteiger charge is 2.14. The molecule has 0 aliphatic heterocycles. The van der Waals surface area contributed by atoms with Gasteiger partial charge in [-0.25, -0.2) is 0 Å². The number of amides is 1. The molecular formula is C26H21Cl3N2O4. The normalized spacial score (nSPS) is 10.9. The summed E-state index contributed by atoms with van der Waals surface area (Å²) in [4.78, 5) is 12.6. The van der Waals surface area contributed by atoms with E-state index in [9.17, 15) is 10.1 Å². The first-order valence-corrected chi connectivity index (χ1v) is 11.5. The third-order valence-electron chi connectivity index (χ3n) is 4.96. The Hall–Kier alpha value is -3.37. The molecule has 180 valence electrons. The first kappa shape index (κ1) is 26.2. The van der Waals surface area contributed by atoms with Crippen molar-refractivity contribution in [2.75, 3.05) is 14.2 Å². The van der Waals surface area contributed by atoms with Crippen molar-refractivity contribution >= 4 is 46.8 Å². The van der Waals surface area contributed by atoms with Crippen LogP contribution in [0, 0.1) is 11.3 Å². The van der Waals surface area contributed by atoms with Crippen LogP contribution in [-0.2, 0) is 17.9 Å². The van der Waals surface area contributed by atoms with Crippen LogP contribution in [0.4, 0.5) is 0 Å². The van der Waals surface area contributed by atoms with E-state index >= 15 is 0 Å². The van der Waals surface area contributed by atoms with E-state index in [1.165, 1.54) is 13.2 Å². The van der Waals surface area contributed by atoms with E-state index in [-0.39, 0.29) is 34.5 Å². The highest BCUT2D eigenvalue weighted by Crippen LogP contribution is 2.36. The topological polar surface area (TPSA) is 80.6 Å². The average Bonchev–Trinajstić information content (AvgIpc) is 2.86. The van der Waals surface area contributed by atoms with Crippen LogP contribution in [0.3, 0.4) is 0 Å². The van der Waals surface area contributed by atoms with Crippen LogP contribution in [0.5, 0.6) is 17.2 Å². The van der Waals surface area contributed by atoms with Gasteiger partial charge in [-0.05, 0) is 42.0 Å². The number of hydrogen-bond donors (Lipinski definition) is 1. The number of hydrogen-bond acceptors (Lipinski definition) is 5. The Balaban J connectivity index is 1.73. The number of carbonyl (C=O) groups excluding carboxylic acids is 1. The molecule has 9 heteroatoms. The second kappa shape index (κ2) is 12.4. The number of carbonyl (C=O) groups is 1. The molecule has 3 aromatic rings. The first-order chi connectivity index (χ1) is 16.9.